The largest absolute Gasteiger partial charge is 0.416 e. The lowest BCUT2D eigenvalue weighted by atomic mass is 10.1. The molecule has 0 atom stereocenters. The molecule has 112 valence electrons. The van der Waals surface area contributed by atoms with Crippen LogP contribution in [0.25, 0.3) is 10.9 Å². The van der Waals surface area contributed by atoms with Crippen molar-refractivity contribution < 1.29 is 18.0 Å². The third kappa shape index (κ3) is 2.78. The van der Waals surface area contributed by atoms with Crippen molar-refractivity contribution >= 4 is 22.5 Å². The highest BCUT2D eigenvalue weighted by Crippen LogP contribution is 2.29. The quantitative estimate of drug-likeness (QED) is 0.756. The molecule has 0 aliphatic carbocycles. The van der Waals surface area contributed by atoms with Crippen molar-refractivity contribution in [2.24, 2.45) is 0 Å². The average molecular weight is 305 g/mol. The molecule has 1 aromatic heterocycles. The Labute approximate surface area is 123 Å². The first-order chi connectivity index (χ1) is 10.4. The second-order valence-corrected chi connectivity index (χ2v) is 4.70. The smallest absolute Gasteiger partial charge is 0.322 e. The maximum atomic E-state index is 12.5. The van der Waals surface area contributed by atoms with E-state index in [0.717, 1.165) is 35.2 Å². The average Bonchev–Trinajstić information content (AvgIpc) is 2.94. The van der Waals surface area contributed by atoms with Gasteiger partial charge in [0, 0.05) is 16.6 Å². The van der Waals surface area contributed by atoms with Crippen LogP contribution in [-0.2, 0) is 6.18 Å². The number of hydrogen-bond donors (Lipinski definition) is 2. The number of alkyl halides is 3. The van der Waals surface area contributed by atoms with Crippen LogP contribution in [0, 0.1) is 0 Å². The molecule has 0 radical (unpaired) electrons. The number of carbonyl (C=O) groups excluding carboxylic acids is 1. The molecule has 0 saturated heterocycles. The topological polar surface area (TPSA) is 57.8 Å². The minimum absolute atomic E-state index is 0.153. The summed E-state index contributed by atoms with van der Waals surface area (Å²) in [6, 6.07) is 9.22. The number of halogens is 3. The van der Waals surface area contributed by atoms with Gasteiger partial charge in [0.05, 0.1) is 17.3 Å². The first kappa shape index (κ1) is 14.1. The summed E-state index contributed by atoms with van der Waals surface area (Å²) < 4.78 is 37.4. The van der Waals surface area contributed by atoms with Gasteiger partial charge < -0.3 is 5.32 Å². The molecule has 1 heterocycles. The molecular formula is C15H10F3N3O. The molecule has 22 heavy (non-hydrogen) atoms. The number of nitrogens with one attached hydrogen (secondary N) is 2. The molecule has 3 aromatic rings. The molecule has 0 bridgehead atoms. The minimum atomic E-state index is -4.42. The molecule has 0 aliphatic rings. The van der Waals surface area contributed by atoms with Gasteiger partial charge in [0.2, 0.25) is 0 Å². The molecule has 0 saturated carbocycles. The number of aromatic amines is 1. The Kier molecular flexibility index (Phi) is 3.32. The Morgan fingerprint density at radius 1 is 1.09 bits per heavy atom. The zero-order valence-corrected chi connectivity index (χ0v) is 11.1. The summed E-state index contributed by atoms with van der Waals surface area (Å²) >= 11 is 0. The summed E-state index contributed by atoms with van der Waals surface area (Å²) in [6.07, 6.45) is -2.80. The van der Waals surface area contributed by atoms with Crippen LogP contribution in [0.2, 0.25) is 0 Å². The van der Waals surface area contributed by atoms with E-state index in [9.17, 15) is 18.0 Å². The number of anilines is 1. The lowest BCUT2D eigenvalue weighted by Gasteiger charge is -2.08. The molecular weight excluding hydrogens is 295 g/mol. The van der Waals surface area contributed by atoms with Gasteiger partial charge in [-0.3, -0.25) is 9.89 Å². The molecule has 1 amide bonds. The fraction of sp³-hybridized carbons (Fsp3) is 0.0667. The van der Waals surface area contributed by atoms with Crippen LogP contribution in [0.15, 0.2) is 48.7 Å². The van der Waals surface area contributed by atoms with Gasteiger partial charge in [0.15, 0.2) is 0 Å². The summed E-state index contributed by atoms with van der Waals surface area (Å²) in [5.74, 6) is -0.475. The van der Waals surface area contributed by atoms with Gasteiger partial charge in [-0.05, 0) is 42.5 Å². The van der Waals surface area contributed by atoms with E-state index in [1.165, 1.54) is 0 Å². The number of rotatable bonds is 2. The van der Waals surface area contributed by atoms with Crippen LogP contribution >= 0.6 is 0 Å². The zero-order chi connectivity index (χ0) is 15.7. The Hall–Kier alpha value is -2.83. The summed E-state index contributed by atoms with van der Waals surface area (Å²) in [7, 11) is 0. The minimum Gasteiger partial charge on any atom is -0.322 e. The van der Waals surface area contributed by atoms with E-state index in [2.05, 4.69) is 15.5 Å². The van der Waals surface area contributed by atoms with Crippen LogP contribution in [0.1, 0.15) is 15.9 Å². The van der Waals surface area contributed by atoms with E-state index in [-0.39, 0.29) is 5.56 Å². The van der Waals surface area contributed by atoms with E-state index in [0.29, 0.717) is 5.69 Å². The van der Waals surface area contributed by atoms with Gasteiger partial charge in [-0.25, -0.2) is 0 Å². The third-order valence-corrected chi connectivity index (χ3v) is 3.17. The second kappa shape index (κ2) is 5.18. The molecule has 0 fully saturated rings. The standard InChI is InChI=1S/C15H10F3N3O/c16-15(17,18)11-3-1-9(2-4-11)14(22)20-12-5-6-13-10(7-12)8-19-21-13/h1-8H,(H,19,21)(H,20,22). The van der Waals surface area contributed by atoms with Crippen molar-refractivity contribution in [2.45, 2.75) is 6.18 Å². The van der Waals surface area contributed by atoms with Gasteiger partial charge in [0.25, 0.3) is 5.91 Å². The third-order valence-electron chi connectivity index (χ3n) is 3.17. The Bertz CT molecular complexity index is 822. The number of fused-ring (bicyclic) bond motifs is 1. The Morgan fingerprint density at radius 2 is 1.82 bits per heavy atom. The molecule has 0 spiro atoms. The molecule has 0 aliphatic heterocycles. The first-order valence-electron chi connectivity index (χ1n) is 6.35. The molecule has 4 nitrogen and oxygen atoms in total. The zero-order valence-electron chi connectivity index (χ0n) is 11.1. The number of H-pyrrole nitrogens is 1. The van der Waals surface area contributed by atoms with Gasteiger partial charge in [-0.1, -0.05) is 0 Å². The summed E-state index contributed by atoms with van der Waals surface area (Å²) in [5, 5.41) is 10.1. The lowest BCUT2D eigenvalue weighted by Crippen LogP contribution is -2.12. The molecule has 2 N–H and O–H groups in total. The van der Waals surface area contributed by atoms with Crippen molar-refractivity contribution in [3.05, 3.63) is 59.8 Å². The number of benzene rings is 2. The Balaban J connectivity index is 1.78. The lowest BCUT2D eigenvalue weighted by molar-refractivity contribution is -0.137. The van der Waals surface area contributed by atoms with Gasteiger partial charge in [-0.15, -0.1) is 0 Å². The number of carbonyl (C=O) groups is 1. The summed E-state index contributed by atoms with van der Waals surface area (Å²) in [6.45, 7) is 0. The van der Waals surface area contributed by atoms with Crippen molar-refractivity contribution in [2.75, 3.05) is 5.32 Å². The molecule has 3 rings (SSSR count). The number of amides is 1. The monoisotopic (exact) mass is 305 g/mol. The van der Waals surface area contributed by atoms with E-state index in [4.69, 9.17) is 0 Å². The van der Waals surface area contributed by atoms with Gasteiger partial charge in [-0.2, -0.15) is 18.3 Å². The first-order valence-corrected chi connectivity index (χ1v) is 6.35. The maximum absolute atomic E-state index is 12.5. The van der Waals surface area contributed by atoms with Gasteiger partial charge >= 0.3 is 6.18 Å². The number of aromatic nitrogens is 2. The molecule has 7 heteroatoms. The molecule has 0 unspecified atom stereocenters. The van der Waals surface area contributed by atoms with Crippen LogP contribution in [0.3, 0.4) is 0 Å². The fourth-order valence-electron chi connectivity index (χ4n) is 2.03. The van der Waals surface area contributed by atoms with Crippen LogP contribution in [0.5, 0.6) is 0 Å². The second-order valence-electron chi connectivity index (χ2n) is 4.70. The number of nitrogens with zero attached hydrogens (tertiary/aromatic N) is 1. The summed E-state index contributed by atoms with van der Waals surface area (Å²) in [4.78, 5) is 12.0. The predicted octanol–water partition coefficient (Wildman–Crippen LogP) is 3.83. The van der Waals surface area contributed by atoms with Crippen LogP contribution in [-0.4, -0.2) is 16.1 Å². The highest BCUT2D eigenvalue weighted by Gasteiger charge is 2.30. The Morgan fingerprint density at radius 3 is 2.50 bits per heavy atom. The van der Waals surface area contributed by atoms with Gasteiger partial charge in [0.1, 0.15) is 0 Å². The van der Waals surface area contributed by atoms with E-state index in [1.807, 2.05) is 0 Å². The highest BCUT2D eigenvalue weighted by molar-refractivity contribution is 6.05. The SMILES string of the molecule is O=C(Nc1ccc2[nH]ncc2c1)c1ccc(C(F)(F)F)cc1. The van der Waals surface area contributed by atoms with Crippen molar-refractivity contribution in [3.63, 3.8) is 0 Å². The highest BCUT2D eigenvalue weighted by atomic mass is 19.4. The normalized spacial score (nSPS) is 11.6. The van der Waals surface area contributed by atoms with Crippen molar-refractivity contribution in [1.82, 2.24) is 10.2 Å². The summed E-state index contributed by atoms with van der Waals surface area (Å²) in [5.41, 5.74) is 0.732. The number of hydrogen-bond acceptors (Lipinski definition) is 2. The maximum Gasteiger partial charge on any atom is 0.416 e. The van der Waals surface area contributed by atoms with Crippen molar-refractivity contribution in [3.8, 4) is 0 Å². The van der Waals surface area contributed by atoms with E-state index < -0.39 is 17.6 Å². The predicted molar refractivity (Wildman–Crippen MR) is 75.5 cm³/mol. The molecule has 2 aromatic carbocycles. The van der Waals surface area contributed by atoms with Crippen molar-refractivity contribution in [1.29, 1.82) is 0 Å². The van der Waals surface area contributed by atoms with E-state index in [1.54, 1.807) is 24.4 Å². The van der Waals surface area contributed by atoms with Crippen LogP contribution < -0.4 is 5.32 Å². The fourth-order valence-corrected chi connectivity index (χ4v) is 2.03. The van der Waals surface area contributed by atoms with Crippen LogP contribution in [0.4, 0.5) is 18.9 Å². The van der Waals surface area contributed by atoms with E-state index >= 15 is 0 Å².